The van der Waals surface area contributed by atoms with E-state index in [4.69, 9.17) is 0 Å². The molecule has 1 unspecified atom stereocenters. The number of likely N-dealkylation sites (N-methyl/N-ethyl adjacent to an activating group) is 1. The van der Waals surface area contributed by atoms with Gasteiger partial charge in [-0.05, 0) is 6.42 Å². The summed E-state index contributed by atoms with van der Waals surface area (Å²) >= 11 is 0. The molecule has 0 bridgehead atoms. The van der Waals surface area contributed by atoms with Gasteiger partial charge in [-0.15, -0.1) is 6.04 Å². The second-order valence-electron chi connectivity index (χ2n) is 3.45. The zero-order chi connectivity index (χ0) is 12.8. The van der Waals surface area contributed by atoms with Gasteiger partial charge in [0.2, 0.25) is 0 Å². The molecule has 0 aromatic rings. The minimum atomic E-state index is 0. The maximum atomic E-state index is 4.28. The summed E-state index contributed by atoms with van der Waals surface area (Å²) in [5, 5.41) is 11.3. The summed E-state index contributed by atoms with van der Waals surface area (Å²) < 4.78 is 0. The van der Waals surface area contributed by atoms with E-state index < -0.39 is 0 Å². The first kappa shape index (κ1) is 22.3. The summed E-state index contributed by atoms with van der Waals surface area (Å²) in [5.41, 5.74) is 1.46. The van der Waals surface area contributed by atoms with Crippen LogP contribution in [0.4, 0.5) is 0 Å². The van der Waals surface area contributed by atoms with E-state index in [0.29, 0.717) is 6.04 Å². The van der Waals surface area contributed by atoms with Gasteiger partial charge in [0, 0.05) is 0 Å². The molecular weight excluding hydrogens is 246 g/mol. The molecule has 0 amide bonds. The van der Waals surface area contributed by atoms with E-state index in [1.54, 1.807) is 28.2 Å². The Bertz CT molecular complexity index is 185. The summed E-state index contributed by atoms with van der Waals surface area (Å²) in [6.45, 7) is 2.18. The second kappa shape index (κ2) is 18.4. The van der Waals surface area contributed by atoms with Gasteiger partial charge in [-0.25, -0.2) is 0 Å². The number of nitrogens with zero attached hydrogens (tertiary/aromatic N) is 3. The van der Waals surface area contributed by atoms with E-state index in [1.165, 1.54) is 5.57 Å². The zero-order valence-corrected chi connectivity index (χ0v) is 13.6. The van der Waals surface area contributed by atoms with Gasteiger partial charge in [0.15, 0.2) is 0 Å². The first-order chi connectivity index (χ1) is 7.71. The van der Waals surface area contributed by atoms with Crippen LogP contribution in [0.15, 0.2) is 23.8 Å². The molecule has 1 aliphatic rings. The van der Waals surface area contributed by atoms with Crippen molar-refractivity contribution in [2.75, 3.05) is 35.2 Å². The predicted octanol–water partition coefficient (Wildman–Crippen LogP) is 3.89. The van der Waals surface area contributed by atoms with Gasteiger partial charge in [-0.3, -0.25) is 0 Å². The minimum Gasteiger partial charge on any atom is -0.668 e. The molecule has 97 valence electrons. The molecule has 1 atom stereocenters. The SMILES string of the molecule is CCC([N-]C)C1=CC=CC1.C[N-]C.C[N-]C.[Ti+3]. The van der Waals surface area contributed by atoms with Gasteiger partial charge < -0.3 is 16.0 Å². The van der Waals surface area contributed by atoms with Crippen molar-refractivity contribution in [1.82, 2.24) is 0 Å². The zero-order valence-electron chi connectivity index (χ0n) is 12.1. The molecule has 3 nitrogen and oxygen atoms in total. The first-order valence-electron chi connectivity index (χ1n) is 5.62. The quantitative estimate of drug-likeness (QED) is 0.699. The van der Waals surface area contributed by atoms with Crippen molar-refractivity contribution in [3.63, 3.8) is 0 Å². The van der Waals surface area contributed by atoms with Crippen molar-refractivity contribution < 1.29 is 21.7 Å². The Labute approximate surface area is 122 Å². The van der Waals surface area contributed by atoms with Crippen LogP contribution in [-0.4, -0.2) is 41.3 Å². The molecule has 0 saturated carbocycles. The van der Waals surface area contributed by atoms with Gasteiger partial charge in [0.1, 0.15) is 0 Å². The molecule has 4 heteroatoms. The molecule has 0 fully saturated rings. The van der Waals surface area contributed by atoms with Gasteiger partial charge in [-0.2, -0.15) is 35.2 Å². The molecule has 0 saturated heterocycles. The molecule has 17 heavy (non-hydrogen) atoms. The van der Waals surface area contributed by atoms with Crippen LogP contribution in [0.3, 0.4) is 0 Å². The first-order valence-corrected chi connectivity index (χ1v) is 5.62. The Morgan fingerprint density at radius 1 is 1.12 bits per heavy atom. The third kappa shape index (κ3) is 14.0. The fourth-order valence-corrected chi connectivity index (χ4v) is 1.32. The molecular formula is C13H26N3Ti. The Morgan fingerprint density at radius 2 is 1.59 bits per heavy atom. The number of allylic oxidation sites excluding steroid dienone is 3. The third-order valence-electron chi connectivity index (χ3n) is 1.93. The average Bonchev–Trinajstić information content (AvgIpc) is 2.76. The van der Waals surface area contributed by atoms with Gasteiger partial charge >= 0.3 is 21.7 Å². The monoisotopic (exact) mass is 272 g/mol. The minimum absolute atomic E-state index is 0. The largest absolute Gasteiger partial charge is 3.00 e. The average molecular weight is 272 g/mol. The van der Waals surface area contributed by atoms with E-state index in [1.807, 2.05) is 7.05 Å². The number of hydrogen-bond donors (Lipinski definition) is 0. The molecule has 0 aliphatic heterocycles. The van der Waals surface area contributed by atoms with Crippen molar-refractivity contribution in [2.45, 2.75) is 25.8 Å². The van der Waals surface area contributed by atoms with Crippen LogP contribution >= 0.6 is 0 Å². The second-order valence-corrected chi connectivity index (χ2v) is 3.45. The summed E-state index contributed by atoms with van der Waals surface area (Å²) in [5.74, 6) is 0. The topological polar surface area (TPSA) is 42.3 Å². The maximum absolute atomic E-state index is 4.28. The standard InChI is InChI=1S/C9H14N.2C2H6N.Ti/c1-3-9(10-2)8-6-4-5-7-8;2*1-3-2;/h4-6,9H,3,7H2,1-2H3;2*1-2H3;/q3*-1;+3. The molecule has 0 aromatic heterocycles. The van der Waals surface area contributed by atoms with Crippen LogP contribution in [0.5, 0.6) is 0 Å². The van der Waals surface area contributed by atoms with Crippen molar-refractivity contribution in [3.05, 3.63) is 39.8 Å². The van der Waals surface area contributed by atoms with Crippen LogP contribution in [0.1, 0.15) is 19.8 Å². The predicted molar refractivity (Wildman–Crippen MR) is 75.6 cm³/mol. The smallest absolute Gasteiger partial charge is 0.668 e. The third-order valence-corrected chi connectivity index (χ3v) is 1.93. The Morgan fingerprint density at radius 3 is 1.82 bits per heavy atom. The van der Waals surface area contributed by atoms with E-state index in [-0.39, 0.29) is 21.7 Å². The molecule has 0 spiro atoms. The van der Waals surface area contributed by atoms with E-state index in [9.17, 15) is 0 Å². The fourth-order valence-electron chi connectivity index (χ4n) is 1.32. The normalized spacial score (nSPS) is 13.4. The number of rotatable bonds is 3. The van der Waals surface area contributed by atoms with Gasteiger partial charge in [0.25, 0.3) is 0 Å². The summed E-state index contributed by atoms with van der Waals surface area (Å²) in [4.78, 5) is 0. The summed E-state index contributed by atoms with van der Waals surface area (Å²) in [7, 11) is 8.90. The van der Waals surface area contributed by atoms with Gasteiger partial charge in [-0.1, -0.05) is 37.1 Å². The van der Waals surface area contributed by atoms with Crippen LogP contribution in [0.25, 0.3) is 16.0 Å². The molecule has 1 radical (unpaired) electrons. The van der Waals surface area contributed by atoms with Gasteiger partial charge in [0.05, 0.1) is 0 Å². The van der Waals surface area contributed by atoms with Crippen LogP contribution < -0.4 is 0 Å². The van der Waals surface area contributed by atoms with E-state index >= 15 is 0 Å². The van der Waals surface area contributed by atoms with Crippen molar-refractivity contribution in [2.24, 2.45) is 0 Å². The molecule has 1 rings (SSSR count). The molecule has 0 aromatic carbocycles. The molecule has 1 aliphatic carbocycles. The van der Waals surface area contributed by atoms with Crippen molar-refractivity contribution in [3.8, 4) is 0 Å². The Hall–Kier alpha value is 0.0743. The van der Waals surface area contributed by atoms with Crippen molar-refractivity contribution in [1.29, 1.82) is 0 Å². The van der Waals surface area contributed by atoms with Crippen LogP contribution in [0, 0.1) is 0 Å². The number of hydrogen-bond acceptors (Lipinski definition) is 0. The Kier molecular flexibility index (Phi) is 24.2. The fraction of sp³-hybridized carbons (Fsp3) is 0.692. The molecule has 0 N–H and O–H groups in total. The summed E-state index contributed by atoms with van der Waals surface area (Å²) in [6, 6.07) is 0.468. The Balaban J connectivity index is -0.000000240. The van der Waals surface area contributed by atoms with E-state index in [0.717, 1.165) is 12.8 Å². The van der Waals surface area contributed by atoms with Crippen LogP contribution in [-0.2, 0) is 21.7 Å². The van der Waals surface area contributed by atoms with Crippen molar-refractivity contribution >= 4 is 0 Å². The summed E-state index contributed by atoms with van der Waals surface area (Å²) in [6.07, 6.45) is 8.72. The molecule has 0 heterocycles. The van der Waals surface area contributed by atoms with E-state index in [2.05, 4.69) is 41.1 Å². The maximum Gasteiger partial charge on any atom is 3.00 e. The van der Waals surface area contributed by atoms with Crippen LogP contribution in [0.2, 0.25) is 0 Å².